The van der Waals surface area contributed by atoms with Crippen molar-refractivity contribution >= 4 is 5.82 Å². The van der Waals surface area contributed by atoms with E-state index in [-0.39, 0.29) is 0 Å². The smallest absolute Gasteiger partial charge is 0.214 e. The van der Waals surface area contributed by atoms with E-state index in [9.17, 15) is 4.39 Å². The Morgan fingerprint density at radius 1 is 1.53 bits per heavy atom. The van der Waals surface area contributed by atoms with Crippen molar-refractivity contribution in [1.29, 1.82) is 0 Å². The first-order valence-electron chi connectivity index (χ1n) is 5.63. The summed E-state index contributed by atoms with van der Waals surface area (Å²) in [6.07, 6.45) is 5.21. The van der Waals surface area contributed by atoms with Crippen molar-refractivity contribution in [3.05, 3.63) is 24.1 Å². The van der Waals surface area contributed by atoms with E-state index in [1.165, 1.54) is 25.3 Å². The van der Waals surface area contributed by atoms with Gasteiger partial charge >= 0.3 is 0 Å². The highest BCUT2D eigenvalue weighted by atomic mass is 19.1. The maximum Gasteiger partial charge on any atom is 0.214 e. The van der Waals surface area contributed by atoms with E-state index < -0.39 is 5.95 Å². The van der Waals surface area contributed by atoms with E-state index in [1.807, 2.05) is 0 Å². The first-order chi connectivity index (χ1) is 7.24. The van der Waals surface area contributed by atoms with Gasteiger partial charge in [-0.15, -0.1) is 0 Å². The van der Waals surface area contributed by atoms with Gasteiger partial charge in [0.15, 0.2) is 0 Å². The molecule has 0 spiro atoms. The van der Waals surface area contributed by atoms with Crippen molar-refractivity contribution in [2.24, 2.45) is 5.92 Å². The topological polar surface area (TPSA) is 24.9 Å². The summed E-state index contributed by atoms with van der Waals surface area (Å²) < 4.78 is 12.8. The van der Waals surface area contributed by atoms with Crippen LogP contribution in [0.4, 0.5) is 10.2 Å². The molecule has 1 unspecified atom stereocenters. The molecule has 1 aromatic rings. The molecule has 1 atom stereocenters. The summed E-state index contributed by atoms with van der Waals surface area (Å²) >= 11 is 0. The summed E-state index contributed by atoms with van der Waals surface area (Å²) in [4.78, 5) is 3.78. The average molecular weight is 208 g/mol. The Bertz CT molecular complexity index is 323. The number of anilines is 1. The average Bonchev–Trinajstić information content (AvgIpc) is 2.98. The zero-order valence-corrected chi connectivity index (χ0v) is 9.04. The van der Waals surface area contributed by atoms with Crippen LogP contribution in [0.3, 0.4) is 0 Å². The number of nitrogens with one attached hydrogen (secondary N) is 1. The van der Waals surface area contributed by atoms with E-state index in [4.69, 9.17) is 0 Å². The maximum absolute atomic E-state index is 12.8. The summed E-state index contributed by atoms with van der Waals surface area (Å²) in [6, 6.07) is 5.22. The minimum Gasteiger partial charge on any atom is -0.368 e. The molecule has 1 aliphatic rings. The molecular weight excluding hydrogens is 191 g/mol. The Balaban J connectivity index is 1.79. The molecule has 0 aromatic carbocycles. The lowest BCUT2D eigenvalue weighted by Crippen LogP contribution is -2.16. The van der Waals surface area contributed by atoms with Crippen LogP contribution in [0.1, 0.15) is 32.6 Å². The van der Waals surface area contributed by atoms with Crippen LogP contribution in [0, 0.1) is 11.9 Å². The molecule has 82 valence electrons. The number of rotatable bonds is 5. The van der Waals surface area contributed by atoms with Gasteiger partial charge in [0.05, 0.1) is 0 Å². The van der Waals surface area contributed by atoms with Crippen molar-refractivity contribution in [1.82, 2.24) is 4.98 Å². The largest absolute Gasteiger partial charge is 0.368 e. The molecule has 0 amide bonds. The normalized spacial score (nSPS) is 17.5. The van der Waals surface area contributed by atoms with Crippen molar-refractivity contribution in [2.75, 3.05) is 5.32 Å². The Labute approximate surface area is 89.9 Å². The zero-order valence-electron chi connectivity index (χ0n) is 9.04. The van der Waals surface area contributed by atoms with Gasteiger partial charge in [-0.2, -0.15) is 4.39 Å². The highest BCUT2D eigenvalue weighted by Gasteiger charge is 2.21. The van der Waals surface area contributed by atoms with Gasteiger partial charge in [-0.3, -0.25) is 0 Å². The third kappa shape index (κ3) is 3.50. The van der Waals surface area contributed by atoms with Crippen LogP contribution in [0.25, 0.3) is 0 Å². The van der Waals surface area contributed by atoms with Crippen LogP contribution in [-0.4, -0.2) is 11.0 Å². The van der Waals surface area contributed by atoms with Gasteiger partial charge in [0, 0.05) is 6.04 Å². The van der Waals surface area contributed by atoms with Crippen LogP contribution in [0.15, 0.2) is 18.2 Å². The predicted molar refractivity (Wildman–Crippen MR) is 59.2 cm³/mol. The fraction of sp³-hybridized carbons (Fsp3) is 0.583. The van der Waals surface area contributed by atoms with Crippen molar-refractivity contribution < 1.29 is 4.39 Å². The fourth-order valence-corrected chi connectivity index (χ4v) is 1.71. The molecule has 2 nitrogen and oxygen atoms in total. The molecule has 1 aromatic heterocycles. The van der Waals surface area contributed by atoms with Crippen LogP contribution >= 0.6 is 0 Å². The second-order valence-corrected chi connectivity index (χ2v) is 4.41. The molecule has 0 radical (unpaired) electrons. The maximum atomic E-state index is 12.8. The molecule has 0 saturated heterocycles. The first kappa shape index (κ1) is 10.4. The number of aromatic nitrogens is 1. The monoisotopic (exact) mass is 208 g/mol. The fourth-order valence-electron chi connectivity index (χ4n) is 1.71. The minimum absolute atomic E-state index is 0.375. The number of hydrogen-bond donors (Lipinski definition) is 1. The van der Waals surface area contributed by atoms with Gasteiger partial charge in [-0.25, -0.2) is 4.98 Å². The predicted octanol–water partition coefficient (Wildman–Crippen LogP) is 3.21. The molecule has 1 saturated carbocycles. The van der Waals surface area contributed by atoms with Crippen LogP contribution in [0.5, 0.6) is 0 Å². The Kier molecular flexibility index (Phi) is 3.19. The zero-order chi connectivity index (χ0) is 10.7. The van der Waals surface area contributed by atoms with Crippen molar-refractivity contribution in [3.63, 3.8) is 0 Å². The molecule has 0 aliphatic heterocycles. The Morgan fingerprint density at radius 2 is 2.33 bits per heavy atom. The Hall–Kier alpha value is -1.12. The van der Waals surface area contributed by atoms with Crippen LogP contribution < -0.4 is 5.32 Å². The summed E-state index contributed by atoms with van der Waals surface area (Å²) in [5.41, 5.74) is 0. The molecule has 1 aliphatic carbocycles. The molecule has 15 heavy (non-hydrogen) atoms. The first-order valence-corrected chi connectivity index (χ1v) is 5.63. The molecule has 2 rings (SSSR count). The second-order valence-electron chi connectivity index (χ2n) is 4.41. The molecular formula is C12H17FN2. The lowest BCUT2D eigenvalue weighted by atomic mass is 10.1. The number of pyridine rings is 1. The quantitative estimate of drug-likeness (QED) is 0.751. The van der Waals surface area contributed by atoms with Gasteiger partial charge in [0.25, 0.3) is 0 Å². The van der Waals surface area contributed by atoms with E-state index in [2.05, 4.69) is 17.2 Å². The van der Waals surface area contributed by atoms with E-state index in [0.29, 0.717) is 11.9 Å². The Morgan fingerprint density at radius 3 is 3.00 bits per heavy atom. The molecule has 1 N–H and O–H groups in total. The second kappa shape index (κ2) is 4.60. The summed E-state index contributed by atoms with van der Waals surface area (Å²) in [5.74, 6) is 1.17. The van der Waals surface area contributed by atoms with Gasteiger partial charge in [0.2, 0.25) is 5.95 Å². The van der Waals surface area contributed by atoms with E-state index in [0.717, 1.165) is 12.3 Å². The van der Waals surface area contributed by atoms with E-state index >= 15 is 0 Å². The number of hydrogen-bond acceptors (Lipinski definition) is 2. The van der Waals surface area contributed by atoms with Crippen molar-refractivity contribution in [3.8, 4) is 0 Å². The van der Waals surface area contributed by atoms with Gasteiger partial charge in [-0.1, -0.05) is 18.9 Å². The minimum atomic E-state index is -0.422. The summed E-state index contributed by atoms with van der Waals surface area (Å²) in [7, 11) is 0. The van der Waals surface area contributed by atoms with E-state index in [1.54, 1.807) is 12.1 Å². The SMILES string of the molecule is CC(CCC1CC1)Nc1cccc(F)n1. The number of nitrogens with zero attached hydrogens (tertiary/aromatic N) is 1. The van der Waals surface area contributed by atoms with Crippen molar-refractivity contribution in [2.45, 2.75) is 38.6 Å². The third-order valence-corrected chi connectivity index (χ3v) is 2.81. The molecule has 1 fully saturated rings. The summed E-state index contributed by atoms with van der Waals surface area (Å²) in [6.45, 7) is 2.12. The van der Waals surface area contributed by atoms with Crippen LogP contribution in [-0.2, 0) is 0 Å². The lowest BCUT2D eigenvalue weighted by Gasteiger charge is -2.13. The standard InChI is InChI=1S/C12H17FN2/c1-9(5-6-10-7-8-10)14-12-4-2-3-11(13)15-12/h2-4,9-10H,5-8H2,1H3,(H,14,15). The third-order valence-electron chi connectivity index (χ3n) is 2.81. The van der Waals surface area contributed by atoms with Gasteiger partial charge in [0.1, 0.15) is 5.82 Å². The van der Waals surface area contributed by atoms with Gasteiger partial charge in [-0.05, 0) is 37.8 Å². The molecule has 3 heteroatoms. The summed E-state index contributed by atoms with van der Waals surface area (Å²) in [5, 5.41) is 3.21. The van der Waals surface area contributed by atoms with Crippen LogP contribution in [0.2, 0.25) is 0 Å². The highest BCUT2D eigenvalue weighted by molar-refractivity contribution is 5.34. The molecule has 0 bridgehead atoms. The molecule has 1 heterocycles. The lowest BCUT2D eigenvalue weighted by molar-refractivity contribution is 0.578. The highest BCUT2D eigenvalue weighted by Crippen LogP contribution is 2.34. The van der Waals surface area contributed by atoms with Gasteiger partial charge < -0.3 is 5.32 Å². The number of halogens is 1.